The van der Waals surface area contributed by atoms with Crippen LogP contribution in [0.15, 0.2) is 58.9 Å². The summed E-state index contributed by atoms with van der Waals surface area (Å²) in [4.78, 5) is 47.1. The van der Waals surface area contributed by atoms with Gasteiger partial charge in [-0.25, -0.2) is 4.98 Å². The highest BCUT2D eigenvalue weighted by molar-refractivity contribution is 7.86. The zero-order valence-corrected chi connectivity index (χ0v) is 30.4. The molecule has 3 aromatic rings. The van der Waals surface area contributed by atoms with E-state index in [1.807, 2.05) is 45.0 Å². The SMILES string of the molecule is Cc1ccc(S(=O)(=O)OCCOCCC(=O)NC(C(=O)N2C[C@H](O)C[C@H]2C(=O)NC(C)c2ccc(-c3scnc3C)cc2)C(C)(C)C)cc1. The molecule has 3 N–H and O–H groups in total. The molecular weight excluding hydrogens is 669 g/mol. The Morgan fingerprint density at radius 3 is 2.31 bits per heavy atom. The number of amides is 3. The molecule has 12 nitrogen and oxygen atoms in total. The van der Waals surface area contributed by atoms with Crippen LogP contribution in [0.4, 0.5) is 0 Å². The summed E-state index contributed by atoms with van der Waals surface area (Å²) in [5.74, 6) is -1.31. The summed E-state index contributed by atoms with van der Waals surface area (Å²) in [6.45, 7) is 10.7. The maximum absolute atomic E-state index is 13.9. The molecule has 14 heteroatoms. The molecule has 266 valence electrons. The van der Waals surface area contributed by atoms with Gasteiger partial charge in [0.1, 0.15) is 12.1 Å². The molecule has 0 radical (unpaired) electrons. The van der Waals surface area contributed by atoms with Crippen molar-refractivity contribution in [1.29, 1.82) is 0 Å². The molecule has 1 aliphatic heterocycles. The molecule has 4 rings (SSSR count). The zero-order chi connectivity index (χ0) is 35.9. The van der Waals surface area contributed by atoms with Crippen LogP contribution in [0.1, 0.15) is 63.4 Å². The fourth-order valence-electron chi connectivity index (χ4n) is 5.49. The van der Waals surface area contributed by atoms with Crippen LogP contribution in [0.5, 0.6) is 0 Å². The van der Waals surface area contributed by atoms with Crippen molar-refractivity contribution in [1.82, 2.24) is 20.5 Å². The van der Waals surface area contributed by atoms with Crippen LogP contribution in [0.25, 0.3) is 10.4 Å². The first kappa shape index (κ1) is 38.1. The number of aliphatic hydroxyl groups is 1. The van der Waals surface area contributed by atoms with E-state index in [2.05, 4.69) is 15.6 Å². The number of carbonyl (C=O) groups is 3. The van der Waals surface area contributed by atoms with Gasteiger partial charge in [0.25, 0.3) is 10.1 Å². The molecule has 4 atom stereocenters. The van der Waals surface area contributed by atoms with Crippen molar-refractivity contribution < 1.29 is 36.8 Å². The van der Waals surface area contributed by atoms with Crippen LogP contribution >= 0.6 is 11.3 Å². The molecule has 3 amide bonds. The topological polar surface area (TPSA) is 164 Å². The number of nitrogens with one attached hydrogen (secondary N) is 2. The molecule has 2 unspecified atom stereocenters. The smallest absolute Gasteiger partial charge is 0.297 e. The molecule has 49 heavy (non-hydrogen) atoms. The summed E-state index contributed by atoms with van der Waals surface area (Å²) in [6, 6.07) is 11.9. The Morgan fingerprint density at radius 2 is 1.69 bits per heavy atom. The zero-order valence-electron chi connectivity index (χ0n) is 28.8. The Balaban J connectivity index is 1.29. The second-order valence-corrected chi connectivity index (χ2v) is 15.8. The molecule has 1 aliphatic rings. The number of carbonyl (C=O) groups excluding carboxylic acids is 3. The molecule has 1 aromatic heterocycles. The van der Waals surface area contributed by atoms with Crippen molar-refractivity contribution in [3.8, 4) is 10.4 Å². The van der Waals surface area contributed by atoms with Crippen LogP contribution < -0.4 is 10.6 Å². The number of rotatable bonds is 14. The lowest BCUT2D eigenvalue weighted by Gasteiger charge is -2.35. The average Bonchev–Trinajstić information content (AvgIpc) is 3.66. The number of aryl methyl sites for hydroxylation is 2. The maximum atomic E-state index is 13.9. The number of benzene rings is 2. The van der Waals surface area contributed by atoms with Crippen LogP contribution in [0.2, 0.25) is 0 Å². The number of thiazole rings is 1. The first-order valence-electron chi connectivity index (χ1n) is 16.2. The van der Waals surface area contributed by atoms with Gasteiger partial charge in [-0.3, -0.25) is 18.6 Å². The molecule has 0 aliphatic carbocycles. The second kappa shape index (κ2) is 16.3. The number of β-amino-alcohol motifs (C(OH)–C–C–N with tert-alkyl or cyclic N) is 1. The largest absolute Gasteiger partial charge is 0.391 e. The number of likely N-dealkylation sites (tertiary alicyclic amines) is 1. The van der Waals surface area contributed by atoms with E-state index in [0.717, 1.165) is 27.3 Å². The summed E-state index contributed by atoms with van der Waals surface area (Å²) >= 11 is 1.56. The Bertz CT molecular complexity index is 1700. The summed E-state index contributed by atoms with van der Waals surface area (Å²) in [5.41, 5.74) is 4.89. The molecule has 1 saturated heterocycles. The highest BCUT2D eigenvalue weighted by Gasteiger charge is 2.44. The molecule has 2 aromatic carbocycles. The lowest BCUT2D eigenvalue weighted by Crippen LogP contribution is -2.58. The van der Waals surface area contributed by atoms with Crippen molar-refractivity contribution in [2.24, 2.45) is 5.41 Å². The predicted molar refractivity (Wildman–Crippen MR) is 186 cm³/mol. The summed E-state index contributed by atoms with van der Waals surface area (Å²) in [5, 5.41) is 16.3. The number of aliphatic hydroxyl groups excluding tert-OH is 1. The van der Waals surface area contributed by atoms with Gasteiger partial charge in [0, 0.05) is 19.4 Å². The second-order valence-electron chi connectivity index (χ2n) is 13.3. The van der Waals surface area contributed by atoms with E-state index < -0.39 is 51.4 Å². The minimum absolute atomic E-state index is 0.0268. The van der Waals surface area contributed by atoms with Gasteiger partial charge < -0.3 is 25.4 Å². The molecule has 0 spiro atoms. The fourth-order valence-corrected chi connectivity index (χ4v) is 7.20. The summed E-state index contributed by atoms with van der Waals surface area (Å²) in [7, 11) is -3.93. The van der Waals surface area contributed by atoms with Crippen LogP contribution in [0, 0.1) is 19.3 Å². The van der Waals surface area contributed by atoms with Gasteiger partial charge in [0.2, 0.25) is 17.7 Å². The molecule has 0 bridgehead atoms. The third kappa shape index (κ3) is 10.2. The molecule has 2 heterocycles. The monoisotopic (exact) mass is 714 g/mol. The van der Waals surface area contributed by atoms with Gasteiger partial charge in [-0.15, -0.1) is 11.3 Å². The lowest BCUT2D eigenvalue weighted by molar-refractivity contribution is -0.144. The van der Waals surface area contributed by atoms with Crippen molar-refractivity contribution >= 4 is 39.2 Å². The van der Waals surface area contributed by atoms with E-state index in [9.17, 15) is 27.9 Å². The standard InChI is InChI=1S/C35H46N4O8S2/c1-22-7-13-28(14-8-22)49(44,45)47-18-17-46-16-15-30(41)38-32(35(4,5)6)34(43)39-20-27(40)19-29(39)33(42)37-23(2)25-9-11-26(12-10-25)31-24(3)36-21-48-31/h7-14,21,23,27,29,32,40H,15-20H2,1-6H3,(H,37,42)(H,38,41)/t23?,27-,29+,32?/m1/s1. The number of hydrogen-bond acceptors (Lipinski definition) is 10. The highest BCUT2D eigenvalue weighted by atomic mass is 32.2. The number of aromatic nitrogens is 1. The van der Waals surface area contributed by atoms with Gasteiger partial charge in [-0.05, 0) is 49.4 Å². The number of ether oxygens (including phenoxy) is 1. The molecular formula is C35H46N4O8S2. The van der Waals surface area contributed by atoms with E-state index in [1.165, 1.54) is 17.0 Å². The van der Waals surface area contributed by atoms with Gasteiger partial charge in [-0.1, -0.05) is 62.7 Å². The average molecular weight is 715 g/mol. The Labute approximate surface area is 292 Å². The molecule has 0 saturated carbocycles. The van der Waals surface area contributed by atoms with Crippen molar-refractivity contribution in [3.63, 3.8) is 0 Å². The normalized spacial score (nSPS) is 17.8. The van der Waals surface area contributed by atoms with Gasteiger partial charge in [-0.2, -0.15) is 8.42 Å². The quantitative estimate of drug-likeness (QED) is 0.166. The third-order valence-electron chi connectivity index (χ3n) is 8.31. The van der Waals surface area contributed by atoms with Crippen molar-refractivity contribution in [3.05, 3.63) is 70.9 Å². The first-order valence-corrected chi connectivity index (χ1v) is 18.5. The lowest BCUT2D eigenvalue weighted by atomic mass is 9.85. The first-order chi connectivity index (χ1) is 23.1. The minimum atomic E-state index is -3.93. The molecule has 1 fully saturated rings. The van der Waals surface area contributed by atoms with Gasteiger partial charge in [0.05, 0.1) is 52.9 Å². The van der Waals surface area contributed by atoms with Crippen molar-refractivity contribution in [2.75, 3.05) is 26.4 Å². The fraction of sp³-hybridized carbons (Fsp3) is 0.486. The summed E-state index contributed by atoms with van der Waals surface area (Å²) in [6.07, 6.45) is -0.900. The van der Waals surface area contributed by atoms with Crippen molar-refractivity contribution in [2.45, 2.75) is 83.5 Å². The van der Waals surface area contributed by atoms with E-state index in [1.54, 1.807) is 49.8 Å². The summed E-state index contributed by atoms with van der Waals surface area (Å²) < 4.78 is 35.1. The van der Waals surface area contributed by atoms with Gasteiger partial charge in [0.15, 0.2) is 0 Å². The third-order valence-corrected chi connectivity index (χ3v) is 10.6. The van der Waals surface area contributed by atoms with Crippen LogP contribution in [-0.4, -0.2) is 85.7 Å². The number of nitrogens with zero attached hydrogens (tertiary/aromatic N) is 2. The van der Waals surface area contributed by atoms with Gasteiger partial charge >= 0.3 is 0 Å². The van der Waals surface area contributed by atoms with E-state index in [-0.39, 0.29) is 50.1 Å². The Hall–Kier alpha value is -3.69. The Morgan fingerprint density at radius 1 is 1.02 bits per heavy atom. The predicted octanol–water partition coefficient (Wildman–Crippen LogP) is 3.91. The van der Waals surface area contributed by atoms with E-state index >= 15 is 0 Å². The van der Waals surface area contributed by atoms with Crippen LogP contribution in [-0.2, 0) is 33.4 Å². The van der Waals surface area contributed by atoms with E-state index in [0.29, 0.717) is 0 Å². The van der Waals surface area contributed by atoms with Crippen LogP contribution in [0.3, 0.4) is 0 Å². The Kier molecular flexibility index (Phi) is 12.7. The number of hydrogen-bond donors (Lipinski definition) is 3. The van der Waals surface area contributed by atoms with E-state index in [4.69, 9.17) is 8.92 Å². The highest BCUT2D eigenvalue weighted by Crippen LogP contribution is 2.29. The minimum Gasteiger partial charge on any atom is -0.391 e. The maximum Gasteiger partial charge on any atom is 0.297 e.